The Morgan fingerprint density at radius 2 is 1.09 bits per heavy atom. The average molecular weight is 712 g/mol. The van der Waals surface area contributed by atoms with Gasteiger partial charge in [-0.25, -0.2) is 0 Å². The first-order chi connectivity index (χ1) is 21.9. The molecule has 0 fully saturated rings. The van der Waals surface area contributed by atoms with Crippen molar-refractivity contribution in [2.75, 3.05) is 7.11 Å². The van der Waals surface area contributed by atoms with E-state index in [1.807, 2.05) is 78.9 Å². The fourth-order valence-corrected chi connectivity index (χ4v) is 4.50. The Morgan fingerprint density at radius 3 is 1.57 bits per heavy atom. The summed E-state index contributed by atoms with van der Waals surface area (Å²) in [6.07, 6.45) is 3.45. The summed E-state index contributed by atoms with van der Waals surface area (Å²) in [7, 11) is 11.4. The molecule has 47 heavy (non-hydrogen) atoms. The van der Waals surface area contributed by atoms with Gasteiger partial charge in [-0.15, -0.1) is 0 Å². The van der Waals surface area contributed by atoms with Crippen molar-refractivity contribution in [3.63, 3.8) is 0 Å². The fourth-order valence-electron chi connectivity index (χ4n) is 4.50. The Kier molecular flexibility index (Phi) is 15.3. The molecule has 0 bridgehead atoms. The van der Waals surface area contributed by atoms with Crippen molar-refractivity contribution in [3.05, 3.63) is 113 Å². The maximum absolute atomic E-state index is 10.8. The summed E-state index contributed by atoms with van der Waals surface area (Å²) in [5, 5.41) is 21.1. The summed E-state index contributed by atoms with van der Waals surface area (Å²) >= 11 is -0.556. The normalized spacial score (nSPS) is 11.8. The van der Waals surface area contributed by atoms with Crippen LogP contribution in [0.5, 0.6) is 17.2 Å². The first-order valence-electron chi connectivity index (χ1n) is 15.4. The van der Waals surface area contributed by atoms with E-state index < -0.39 is 17.0 Å². The predicted octanol–water partition coefficient (Wildman–Crippen LogP) is 11.6. The van der Waals surface area contributed by atoms with Gasteiger partial charge in [0.05, 0.1) is 18.5 Å². The molecule has 2 N–H and O–H groups in total. The summed E-state index contributed by atoms with van der Waals surface area (Å²) in [6.45, 7) is 19.1. The zero-order valence-corrected chi connectivity index (χ0v) is 32.3. The van der Waals surface area contributed by atoms with Crippen molar-refractivity contribution in [1.29, 1.82) is 0 Å². The molecule has 0 spiro atoms. The number of methoxy groups -OCH3 is 1. The molecule has 0 aromatic heterocycles. The molecule has 250 valence electrons. The summed E-state index contributed by atoms with van der Waals surface area (Å²) in [5.74, 6) is 1.42. The van der Waals surface area contributed by atoms with Gasteiger partial charge in [0.1, 0.15) is 17.2 Å². The molecule has 0 amide bonds. The second kappa shape index (κ2) is 17.9. The number of ether oxygens (including phenoxy) is 1. The SMILES string of the molecule is CC(C)(C)c1cccc(C=Nc2ccccc2)c1O.COc1ccc(N=Cc2cc(C(C)(C)C)cc(C(C)(C)C)c2O)cc1.[Cl][Ti][Cl]. The third-order valence-electron chi connectivity index (χ3n) is 7.22. The van der Waals surface area contributed by atoms with Gasteiger partial charge in [-0.1, -0.05) is 98.7 Å². The molecule has 0 heterocycles. The molecule has 0 unspecified atom stereocenters. The zero-order valence-electron chi connectivity index (χ0n) is 29.2. The molecule has 5 nitrogen and oxygen atoms in total. The minimum absolute atomic E-state index is 0.00357. The number of phenolic OH excluding ortho intramolecular Hbond substituents is 2. The van der Waals surface area contributed by atoms with E-state index in [1.54, 1.807) is 19.5 Å². The number of phenols is 2. The van der Waals surface area contributed by atoms with Gasteiger partial charge in [0.25, 0.3) is 0 Å². The summed E-state index contributed by atoms with van der Waals surface area (Å²) in [4.78, 5) is 8.89. The number of hydrogen-bond donors (Lipinski definition) is 2. The molecule has 4 rings (SSSR count). The molecule has 0 saturated heterocycles. The molecule has 0 saturated carbocycles. The van der Waals surface area contributed by atoms with Crippen molar-refractivity contribution in [3.8, 4) is 17.2 Å². The van der Waals surface area contributed by atoms with Gasteiger partial charge in [-0.3, -0.25) is 9.98 Å². The molecule has 0 atom stereocenters. The topological polar surface area (TPSA) is 74.4 Å². The van der Waals surface area contributed by atoms with E-state index in [2.05, 4.69) is 78.4 Å². The Morgan fingerprint density at radius 1 is 0.596 bits per heavy atom. The Bertz CT molecular complexity index is 1620. The van der Waals surface area contributed by atoms with Crippen LogP contribution in [0.4, 0.5) is 11.4 Å². The van der Waals surface area contributed by atoms with Crippen LogP contribution < -0.4 is 4.74 Å². The van der Waals surface area contributed by atoms with Crippen LogP contribution in [0.25, 0.3) is 0 Å². The minimum atomic E-state index is -0.556. The van der Waals surface area contributed by atoms with Crippen molar-refractivity contribution in [2.45, 2.75) is 78.6 Å². The number of para-hydroxylation sites is 2. The average Bonchev–Trinajstić information content (AvgIpc) is 3.00. The first-order valence-corrected chi connectivity index (χ1v) is 19.7. The predicted molar refractivity (Wildman–Crippen MR) is 198 cm³/mol. The third kappa shape index (κ3) is 12.8. The summed E-state index contributed by atoms with van der Waals surface area (Å²) < 4.78 is 5.17. The standard InChI is InChI=1S/C22H29NO2.C17H19NO.2ClH.Ti/c1-21(2,3)16-12-15(20(24)19(13-16)22(4,5)6)14-23-17-8-10-18(25-7)11-9-17;1-17(2,3)15-11-7-8-13(16(15)19)12-18-14-9-5-4-6-10-14;;;/h8-14,24H,1-7H3;4-12,19H,1-3H3;2*1H;/q;;;;+2/p-2. The number of aliphatic imine (C=N–C) groups is 2. The molecular weight excluding hydrogens is 663 g/mol. The molecule has 4 aromatic carbocycles. The van der Waals surface area contributed by atoms with Gasteiger partial charge >= 0.3 is 35.6 Å². The van der Waals surface area contributed by atoms with Crippen LogP contribution in [0.3, 0.4) is 0 Å². The second-order valence-corrected chi connectivity index (χ2v) is 16.7. The van der Waals surface area contributed by atoms with Crippen LogP contribution in [0.2, 0.25) is 0 Å². The third-order valence-corrected chi connectivity index (χ3v) is 7.22. The summed E-state index contributed by atoms with van der Waals surface area (Å²) in [5.41, 5.74) is 6.02. The molecule has 8 heteroatoms. The van der Waals surface area contributed by atoms with Crippen molar-refractivity contribution < 1.29 is 32.0 Å². The fraction of sp³-hybridized carbons (Fsp3) is 0.333. The van der Waals surface area contributed by atoms with E-state index in [1.165, 1.54) is 5.56 Å². The van der Waals surface area contributed by atoms with Gasteiger partial charge in [-0.2, -0.15) is 0 Å². The zero-order chi connectivity index (χ0) is 35.4. The van der Waals surface area contributed by atoms with Crippen LogP contribution in [0.15, 0.2) is 94.9 Å². The molecule has 0 radical (unpaired) electrons. The van der Waals surface area contributed by atoms with Gasteiger partial charge in [0.15, 0.2) is 0 Å². The molecular formula is C39H48Cl2N2O3Ti. The molecule has 0 aliphatic rings. The van der Waals surface area contributed by atoms with Crippen LogP contribution >= 0.6 is 18.6 Å². The van der Waals surface area contributed by atoms with E-state index in [0.29, 0.717) is 11.5 Å². The first kappa shape index (κ1) is 40.1. The van der Waals surface area contributed by atoms with Gasteiger partial charge in [0.2, 0.25) is 0 Å². The number of hydrogen-bond acceptors (Lipinski definition) is 5. The van der Waals surface area contributed by atoms with E-state index in [0.717, 1.165) is 39.4 Å². The Labute approximate surface area is 298 Å². The van der Waals surface area contributed by atoms with Crippen LogP contribution in [-0.2, 0) is 33.3 Å². The maximum atomic E-state index is 10.8. The van der Waals surface area contributed by atoms with E-state index in [4.69, 9.17) is 23.3 Å². The Hall–Kier alpha value is -3.09. The van der Waals surface area contributed by atoms with Crippen LogP contribution in [0, 0.1) is 0 Å². The van der Waals surface area contributed by atoms with E-state index >= 15 is 0 Å². The molecule has 0 aliphatic carbocycles. The van der Waals surface area contributed by atoms with Gasteiger partial charge in [0, 0.05) is 29.1 Å². The van der Waals surface area contributed by atoms with Gasteiger partial charge < -0.3 is 14.9 Å². The number of nitrogens with zero attached hydrogens (tertiary/aromatic N) is 2. The molecule has 0 aliphatic heterocycles. The van der Waals surface area contributed by atoms with E-state index in [9.17, 15) is 10.2 Å². The number of rotatable bonds is 5. The van der Waals surface area contributed by atoms with Crippen molar-refractivity contribution in [1.82, 2.24) is 0 Å². The number of halogens is 2. The quantitative estimate of drug-likeness (QED) is 0.160. The monoisotopic (exact) mass is 710 g/mol. The van der Waals surface area contributed by atoms with E-state index in [-0.39, 0.29) is 16.2 Å². The van der Waals surface area contributed by atoms with Crippen LogP contribution in [0.1, 0.15) is 90.1 Å². The summed E-state index contributed by atoms with van der Waals surface area (Å²) in [6, 6.07) is 27.2. The second-order valence-electron chi connectivity index (χ2n) is 14.1. The number of aromatic hydroxyl groups is 2. The van der Waals surface area contributed by atoms with Crippen LogP contribution in [-0.4, -0.2) is 29.8 Å². The van der Waals surface area contributed by atoms with Crippen molar-refractivity contribution >= 4 is 42.4 Å². The van der Waals surface area contributed by atoms with Gasteiger partial charge in [-0.05, 0) is 75.9 Å². The van der Waals surface area contributed by atoms with Crippen molar-refractivity contribution in [2.24, 2.45) is 9.98 Å². The Balaban J connectivity index is 0.000000311. The molecule has 4 aromatic rings. The number of benzene rings is 4.